The summed E-state index contributed by atoms with van der Waals surface area (Å²) in [6.07, 6.45) is -4.03. The second kappa shape index (κ2) is 6.50. The fourth-order valence-corrected chi connectivity index (χ4v) is 3.06. The Morgan fingerprint density at radius 1 is 1.12 bits per heavy atom. The van der Waals surface area contributed by atoms with Gasteiger partial charge in [0.2, 0.25) is 5.91 Å². The van der Waals surface area contributed by atoms with Crippen molar-refractivity contribution in [3.63, 3.8) is 0 Å². The largest absolute Gasteiger partial charge is 0.416 e. The van der Waals surface area contributed by atoms with Crippen molar-refractivity contribution in [2.24, 2.45) is 5.92 Å². The lowest BCUT2D eigenvalue weighted by Crippen LogP contribution is -2.28. The normalized spacial score (nSPS) is 20.8. The van der Waals surface area contributed by atoms with Crippen molar-refractivity contribution >= 4 is 5.91 Å². The van der Waals surface area contributed by atoms with Crippen LogP contribution in [0.1, 0.15) is 42.0 Å². The predicted octanol–water partition coefficient (Wildman–Crippen LogP) is 4.83. The molecule has 1 saturated carbocycles. The van der Waals surface area contributed by atoms with Crippen LogP contribution in [-0.4, -0.2) is 5.91 Å². The Morgan fingerprint density at radius 2 is 1.76 bits per heavy atom. The molecule has 1 N–H and O–H groups in total. The first-order chi connectivity index (χ1) is 11.8. The molecule has 3 atom stereocenters. The smallest absolute Gasteiger partial charge is 0.349 e. The van der Waals surface area contributed by atoms with E-state index in [9.17, 15) is 22.4 Å². The van der Waals surface area contributed by atoms with Gasteiger partial charge in [0.15, 0.2) is 0 Å². The molecule has 0 radical (unpaired) electrons. The van der Waals surface area contributed by atoms with E-state index in [2.05, 4.69) is 5.32 Å². The number of carbonyl (C=O) groups excluding carboxylic acids is 1. The third-order valence-corrected chi connectivity index (χ3v) is 4.52. The summed E-state index contributed by atoms with van der Waals surface area (Å²) in [5.41, 5.74) is 0.231. The van der Waals surface area contributed by atoms with Crippen molar-refractivity contribution in [3.05, 3.63) is 71.0 Å². The summed E-state index contributed by atoms with van der Waals surface area (Å²) in [5, 5.41) is 2.79. The molecule has 0 spiro atoms. The topological polar surface area (TPSA) is 29.1 Å². The number of halogens is 4. The lowest BCUT2D eigenvalue weighted by atomic mass is 10.0. The summed E-state index contributed by atoms with van der Waals surface area (Å²) in [6, 6.07) is 10.8. The molecule has 2 nitrogen and oxygen atoms in total. The van der Waals surface area contributed by atoms with Crippen molar-refractivity contribution in [1.82, 2.24) is 5.32 Å². The van der Waals surface area contributed by atoms with Crippen LogP contribution in [0.3, 0.4) is 0 Å². The molecule has 2 aromatic rings. The van der Waals surface area contributed by atoms with Gasteiger partial charge in [-0.1, -0.05) is 30.3 Å². The third kappa shape index (κ3) is 3.83. The first-order valence-corrected chi connectivity index (χ1v) is 7.99. The first-order valence-electron chi connectivity index (χ1n) is 7.99. The van der Waals surface area contributed by atoms with Gasteiger partial charge in [-0.15, -0.1) is 0 Å². The first kappa shape index (κ1) is 17.5. The van der Waals surface area contributed by atoms with Crippen molar-refractivity contribution in [2.75, 3.05) is 0 Å². The molecule has 132 valence electrons. The van der Waals surface area contributed by atoms with E-state index in [-0.39, 0.29) is 23.3 Å². The van der Waals surface area contributed by atoms with Gasteiger partial charge in [0, 0.05) is 5.92 Å². The standard InChI is InChI=1S/C19H17F4NO/c1-11(12-6-8-13(20)9-7-12)24-18(25)16-10-15(16)14-4-2-3-5-17(14)19(21,22)23/h2-9,11,15-16H,10H2,1H3,(H,24,25). The minimum absolute atomic E-state index is 0.171. The molecule has 0 aromatic heterocycles. The number of nitrogens with one attached hydrogen (secondary N) is 1. The molecule has 3 rings (SSSR count). The van der Waals surface area contributed by atoms with Gasteiger partial charge in [-0.3, -0.25) is 4.79 Å². The van der Waals surface area contributed by atoms with Gasteiger partial charge in [0.1, 0.15) is 5.82 Å². The van der Waals surface area contributed by atoms with E-state index in [1.54, 1.807) is 25.1 Å². The molecular formula is C19H17F4NO. The number of benzene rings is 2. The molecule has 0 saturated heterocycles. The van der Waals surface area contributed by atoms with Crippen molar-refractivity contribution in [1.29, 1.82) is 0 Å². The molecular weight excluding hydrogens is 334 g/mol. The van der Waals surface area contributed by atoms with Crippen LogP contribution in [0, 0.1) is 11.7 Å². The molecule has 3 unspecified atom stereocenters. The van der Waals surface area contributed by atoms with Crippen LogP contribution in [0.15, 0.2) is 48.5 Å². The fraction of sp³-hybridized carbons (Fsp3) is 0.316. The average Bonchev–Trinajstić information content (AvgIpc) is 3.35. The number of hydrogen-bond acceptors (Lipinski definition) is 1. The number of hydrogen-bond donors (Lipinski definition) is 1. The van der Waals surface area contributed by atoms with Gasteiger partial charge in [0.05, 0.1) is 11.6 Å². The van der Waals surface area contributed by atoms with Gasteiger partial charge in [-0.05, 0) is 48.6 Å². The summed E-state index contributed by atoms with van der Waals surface area (Å²) in [7, 11) is 0. The molecule has 0 aliphatic heterocycles. The van der Waals surface area contributed by atoms with E-state index in [1.807, 2.05) is 0 Å². The van der Waals surface area contributed by atoms with Crippen LogP contribution in [0.2, 0.25) is 0 Å². The molecule has 1 fully saturated rings. The highest BCUT2D eigenvalue weighted by molar-refractivity contribution is 5.83. The Bertz CT molecular complexity index is 770. The van der Waals surface area contributed by atoms with Crippen LogP contribution < -0.4 is 5.32 Å². The SMILES string of the molecule is CC(NC(=O)C1CC1c1ccccc1C(F)(F)F)c1ccc(F)cc1. The van der Waals surface area contributed by atoms with Gasteiger partial charge in [0.25, 0.3) is 0 Å². The monoisotopic (exact) mass is 351 g/mol. The van der Waals surface area contributed by atoms with Gasteiger partial charge in [-0.2, -0.15) is 13.2 Å². The maximum Gasteiger partial charge on any atom is 0.416 e. The lowest BCUT2D eigenvalue weighted by molar-refractivity contribution is -0.138. The summed E-state index contributed by atoms with van der Waals surface area (Å²) < 4.78 is 52.2. The quantitative estimate of drug-likeness (QED) is 0.786. The Balaban J connectivity index is 1.68. The highest BCUT2D eigenvalue weighted by Gasteiger charge is 2.47. The summed E-state index contributed by atoms with van der Waals surface area (Å²) >= 11 is 0. The number of amides is 1. The zero-order valence-electron chi connectivity index (χ0n) is 13.5. The summed E-state index contributed by atoms with van der Waals surface area (Å²) in [6.45, 7) is 1.76. The Labute approximate surface area is 142 Å². The number of carbonyl (C=O) groups is 1. The lowest BCUT2D eigenvalue weighted by Gasteiger charge is -2.15. The zero-order valence-corrected chi connectivity index (χ0v) is 13.5. The van der Waals surface area contributed by atoms with Crippen LogP contribution in [0.5, 0.6) is 0 Å². The Morgan fingerprint density at radius 3 is 2.40 bits per heavy atom. The van der Waals surface area contributed by atoms with Crippen molar-refractivity contribution in [2.45, 2.75) is 31.5 Å². The number of rotatable bonds is 4. The molecule has 6 heteroatoms. The second-order valence-electron chi connectivity index (χ2n) is 6.32. The zero-order chi connectivity index (χ0) is 18.2. The summed E-state index contributed by atoms with van der Waals surface area (Å²) in [5.74, 6) is -1.53. The second-order valence-corrected chi connectivity index (χ2v) is 6.32. The van der Waals surface area contributed by atoms with Gasteiger partial charge >= 0.3 is 6.18 Å². The van der Waals surface area contributed by atoms with E-state index in [0.717, 1.165) is 11.6 Å². The van der Waals surface area contributed by atoms with E-state index < -0.39 is 23.6 Å². The highest BCUT2D eigenvalue weighted by atomic mass is 19.4. The maximum absolute atomic E-state index is 13.1. The highest BCUT2D eigenvalue weighted by Crippen LogP contribution is 2.51. The van der Waals surface area contributed by atoms with E-state index in [0.29, 0.717) is 6.42 Å². The molecule has 1 aliphatic rings. The molecule has 1 amide bonds. The average molecular weight is 351 g/mol. The van der Waals surface area contributed by atoms with Crippen molar-refractivity contribution < 1.29 is 22.4 Å². The Hall–Kier alpha value is -2.37. The van der Waals surface area contributed by atoms with Crippen molar-refractivity contribution in [3.8, 4) is 0 Å². The van der Waals surface area contributed by atoms with Crippen LogP contribution in [0.25, 0.3) is 0 Å². The molecule has 2 aromatic carbocycles. The van der Waals surface area contributed by atoms with Crippen LogP contribution in [-0.2, 0) is 11.0 Å². The number of alkyl halides is 3. The molecule has 0 heterocycles. The van der Waals surface area contributed by atoms with E-state index in [4.69, 9.17) is 0 Å². The fourth-order valence-electron chi connectivity index (χ4n) is 3.06. The minimum atomic E-state index is -4.43. The summed E-state index contributed by atoms with van der Waals surface area (Å²) in [4.78, 5) is 12.3. The minimum Gasteiger partial charge on any atom is -0.349 e. The van der Waals surface area contributed by atoms with E-state index >= 15 is 0 Å². The maximum atomic E-state index is 13.1. The molecule has 25 heavy (non-hydrogen) atoms. The van der Waals surface area contributed by atoms with Crippen LogP contribution >= 0.6 is 0 Å². The Kier molecular flexibility index (Phi) is 4.54. The molecule has 0 bridgehead atoms. The predicted molar refractivity (Wildman–Crippen MR) is 85.2 cm³/mol. The van der Waals surface area contributed by atoms with Crippen LogP contribution in [0.4, 0.5) is 17.6 Å². The van der Waals surface area contributed by atoms with Gasteiger partial charge in [-0.25, -0.2) is 4.39 Å². The molecule has 1 aliphatic carbocycles. The van der Waals surface area contributed by atoms with Gasteiger partial charge < -0.3 is 5.32 Å². The third-order valence-electron chi connectivity index (χ3n) is 4.52. The van der Waals surface area contributed by atoms with E-state index in [1.165, 1.54) is 24.3 Å².